The van der Waals surface area contributed by atoms with Crippen LogP contribution in [0.3, 0.4) is 0 Å². The number of amides is 3. The number of benzene rings is 6. The molecule has 0 aromatic heterocycles. The van der Waals surface area contributed by atoms with Gasteiger partial charge in [0.1, 0.15) is 36.5 Å². The maximum atomic E-state index is 16.5. The maximum Gasteiger partial charge on any atom is 0.421 e. The van der Waals surface area contributed by atoms with Crippen LogP contribution in [0.5, 0.6) is 5.75 Å². The molecule has 6 atom stereocenters. The molecule has 3 aliphatic heterocycles. The first-order valence-corrected chi connectivity index (χ1v) is 23.5. The molecule has 2 fully saturated rings. The number of imide groups is 1. The van der Waals surface area contributed by atoms with E-state index in [1.807, 2.05) is 103 Å². The third-order valence-corrected chi connectivity index (χ3v) is 13.3. The highest BCUT2D eigenvalue weighted by Crippen LogP contribution is 2.66. The third kappa shape index (κ3) is 9.34. The van der Waals surface area contributed by atoms with Crippen molar-refractivity contribution < 1.29 is 43.4 Å². The highest BCUT2D eigenvalue weighted by molar-refractivity contribution is 6.23. The van der Waals surface area contributed by atoms with Crippen molar-refractivity contribution in [2.24, 2.45) is 5.92 Å². The molecule has 15 nitrogen and oxygen atoms in total. The van der Waals surface area contributed by atoms with Crippen LogP contribution in [0.1, 0.15) is 57.1 Å². The van der Waals surface area contributed by atoms with Gasteiger partial charge < -0.3 is 24.6 Å². The molecule has 72 heavy (non-hydrogen) atoms. The van der Waals surface area contributed by atoms with Crippen LogP contribution in [0.4, 0.5) is 16.2 Å². The minimum absolute atomic E-state index is 0.0266. The number of morpholine rings is 1. The van der Waals surface area contributed by atoms with Crippen molar-refractivity contribution >= 4 is 35.3 Å². The minimum atomic E-state index is -2.10. The van der Waals surface area contributed by atoms with E-state index < -0.39 is 64.4 Å². The predicted octanol–water partition coefficient (Wildman–Crippen LogP) is 7.75. The molecule has 0 saturated carbocycles. The standard InChI is InChI=1S/C57H51N5O10/c1-3-30-58-53(64)48-50-54(65)72-51(42-20-11-6-12-21-42)49(41-18-9-5-10-19-41)61(50)52(43-22-13-23-45(35-43)70-33-32-63)57(48)46-34-38(17-14-31-59(2)36-39-15-7-4-8-16-39)26-29-47(46)60(55(57)66)56(67)71-37-40-24-27-44(28-25-40)62(68)69/h3-13,15-16,18-29,34-35,48-52,63H,1,30-33,36-37H2,2H3,(H,58,64)/t48-,49-,50-,51+,52+,57-/m0/s1. The number of non-ortho nitro benzene ring substituents is 1. The Balaban J connectivity index is 1.27. The van der Waals surface area contributed by atoms with E-state index >= 15 is 14.4 Å². The lowest BCUT2D eigenvalue weighted by molar-refractivity contribution is -0.384. The van der Waals surface area contributed by atoms with Crippen LogP contribution in [0.25, 0.3) is 0 Å². The molecule has 0 radical (unpaired) electrons. The van der Waals surface area contributed by atoms with Gasteiger partial charge in [-0.2, -0.15) is 0 Å². The second-order valence-corrected chi connectivity index (χ2v) is 17.8. The summed E-state index contributed by atoms with van der Waals surface area (Å²) in [6.07, 6.45) is -0.552. The van der Waals surface area contributed by atoms with Gasteiger partial charge >= 0.3 is 12.1 Å². The largest absolute Gasteiger partial charge is 0.491 e. The highest BCUT2D eigenvalue weighted by atomic mass is 16.6. The van der Waals surface area contributed by atoms with Crippen LogP contribution in [-0.2, 0) is 42.4 Å². The fourth-order valence-electron chi connectivity index (χ4n) is 10.3. The third-order valence-electron chi connectivity index (χ3n) is 13.3. The first kappa shape index (κ1) is 48.6. The van der Waals surface area contributed by atoms with Crippen molar-refractivity contribution in [3.8, 4) is 17.6 Å². The quantitative estimate of drug-likeness (QED) is 0.0336. The number of nitro groups is 1. The first-order valence-electron chi connectivity index (χ1n) is 23.5. The van der Waals surface area contributed by atoms with Gasteiger partial charge in [0.05, 0.1) is 41.8 Å². The Bertz CT molecular complexity index is 3050. The molecule has 0 aliphatic carbocycles. The average Bonchev–Trinajstić information content (AvgIpc) is 3.86. The number of fused-ring (bicyclic) bond motifs is 3. The molecule has 2 saturated heterocycles. The van der Waals surface area contributed by atoms with Crippen molar-refractivity contribution in [3.63, 3.8) is 0 Å². The summed E-state index contributed by atoms with van der Waals surface area (Å²) in [5, 5.41) is 24.1. The van der Waals surface area contributed by atoms with Crippen LogP contribution in [0.2, 0.25) is 0 Å². The Labute approximate surface area is 416 Å². The number of nitrogens with zero attached hydrogens (tertiary/aromatic N) is 4. The SMILES string of the molecule is C=CCNC(=O)[C@@H]1[C@H]2C(=O)O[C@H](c3ccccc3)[C@H](c3ccccc3)N2[C@H](c2cccc(OCCO)c2)[C@@]12C(=O)N(C(=O)OCc1ccc([N+](=O)[O-])cc1)c1ccc(C#CCN(C)Cc3ccccc3)cc12. The second kappa shape index (κ2) is 21.3. The summed E-state index contributed by atoms with van der Waals surface area (Å²) >= 11 is 0. The first-order chi connectivity index (χ1) is 35.0. The smallest absolute Gasteiger partial charge is 0.421 e. The average molecular weight is 966 g/mol. The lowest BCUT2D eigenvalue weighted by Crippen LogP contribution is -2.55. The normalized spacial score (nSPS) is 21.0. The molecular weight excluding hydrogens is 915 g/mol. The van der Waals surface area contributed by atoms with Gasteiger partial charge in [0.25, 0.3) is 5.69 Å². The molecule has 15 heteroatoms. The zero-order valence-electron chi connectivity index (χ0n) is 39.3. The topological polar surface area (TPSA) is 181 Å². The van der Waals surface area contributed by atoms with Gasteiger partial charge in [-0.05, 0) is 82.9 Å². The van der Waals surface area contributed by atoms with Crippen molar-refractivity contribution in [1.29, 1.82) is 0 Å². The molecule has 3 heterocycles. The number of carbonyl (C=O) groups excluding carboxylic acids is 4. The number of hydrogen-bond acceptors (Lipinski definition) is 12. The fourth-order valence-corrected chi connectivity index (χ4v) is 10.3. The molecule has 3 amide bonds. The van der Waals surface area contributed by atoms with Crippen LogP contribution in [0.15, 0.2) is 170 Å². The Morgan fingerprint density at radius 1 is 0.861 bits per heavy atom. The van der Waals surface area contributed by atoms with E-state index in [9.17, 15) is 20.0 Å². The molecule has 2 N–H and O–H groups in total. The van der Waals surface area contributed by atoms with E-state index in [4.69, 9.17) is 14.2 Å². The molecule has 0 unspecified atom stereocenters. The summed E-state index contributed by atoms with van der Waals surface area (Å²) in [4.78, 5) is 77.8. The van der Waals surface area contributed by atoms with E-state index in [2.05, 4.69) is 28.6 Å². The number of aliphatic hydroxyl groups excluding tert-OH is 1. The number of rotatable bonds is 15. The minimum Gasteiger partial charge on any atom is -0.491 e. The fraction of sp³-hybridized carbons (Fsp3) is 0.228. The summed E-state index contributed by atoms with van der Waals surface area (Å²) < 4.78 is 18.4. The lowest BCUT2D eigenvalue weighted by atomic mass is 9.65. The Morgan fingerprint density at radius 2 is 1.54 bits per heavy atom. The molecule has 6 aromatic carbocycles. The van der Waals surface area contributed by atoms with Crippen molar-refractivity contribution in [2.75, 3.05) is 38.3 Å². The van der Waals surface area contributed by atoms with Gasteiger partial charge in [0.15, 0.2) is 0 Å². The second-order valence-electron chi connectivity index (χ2n) is 17.8. The molecule has 6 aromatic rings. The molecule has 3 aliphatic rings. The summed E-state index contributed by atoms with van der Waals surface area (Å²) in [5.74, 6) is 3.00. The number of nitrogens with one attached hydrogen (secondary N) is 1. The number of anilines is 1. The van der Waals surface area contributed by atoms with E-state index in [1.165, 1.54) is 30.3 Å². The van der Waals surface area contributed by atoms with Gasteiger partial charge in [0, 0.05) is 30.8 Å². The van der Waals surface area contributed by atoms with E-state index in [-0.39, 0.29) is 43.3 Å². The summed E-state index contributed by atoms with van der Waals surface area (Å²) in [7, 11) is 1.95. The number of ether oxygens (including phenoxy) is 3. The van der Waals surface area contributed by atoms with E-state index in [0.29, 0.717) is 46.7 Å². The Kier molecular flexibility index (Phi) is 14.4. The van der Waals surface area contributed by atoms with Gasteiger partial charge in [-0.3, -0.25) is 34.3 Å². The monoisotopic (exact) mass is 965 g/mol. The number of hydrogen-bond donors (Lipinski definition) is 2. The molecule has 1 spiro atoms. The molecule has 9 rings (SSSR count). The molecule has 364 valence electrons. The van der Waals surface area contributed by atoms with Crippen molar-refractivity contribution in [2.45, 2.75) is 42.8 Å². The highest BCUT2D eigenvalue weighted by Gasteiger charge is 2.75. The van der Waals surface area contributed by atoms with Crippen LogP contribution in [0, 0.1) is 27.9 Å². The van der Waals surface area contributed by atoms with Gasteiger partial charge in [0.2, 0.25) is 11.8 Å². The summed E-state index contributed by atoms with van der Waals surface area (Å²) in [6, 6.07) is 42.5. The van der Waals surface area contributed by atoms with E-state index in [0.717, 1.165) is 10.5 Å². The van der Waals surface area contributed by atoms with E-state index in [1.54, 1.807) is 42.5 Å². The number of aliphatic hydroxyl groups is 1. The Morgan fingerprint density at radius 3 is 2.22 bits per heavy atom. The maximum absolute atomic E-state index is 16.5. The molecular formula is C57H51N5O10. The number of nitro benzene ring substituents is 1. The van der Waals surface area contributed by atoms with Crippen molar-refractivity contribution in [1.82, 2.24) is 15.1 Å². The van der Waals surface area contributed by atoms with Gasteiger partial charge in [-0.25, -0.2) is 9.69 Å². The number of carbonyl (C=O) groups is 4. The number of cyclic esters (lactones) is 1. The van der Waals surface area contributed by atoms with Crippen LogP contribution in [-0.4, -0.2) is 83.1 Å². The van der Waals surface area contributed by atoms with Gasteiger partial charge in [-0.1, -0.05) is 121 Å². The molecule has 0 bridgehead atoms. The van der Waals surface area contributed by atoms with Crippen LogP contribution >= 0.6 is 0 Å². The number of esters is 1. The summed E-state index contributed by atoms with van der Waals surface area (Å²) in [6.45, 7) is 4.10. The van der Waals surface area contributed by atoms with Crippen molar-refractivity contribution in [3.05, 3.63) is 219 Å². The van der Waals surface area contributed by atoms with Gasteiger partial charge in [-0.15, -0.1) is 6.58 Å². The Hall–Kier alpha value is -8.42. The van der Waals surface area contributed by atoms with Crippen LogP contribution < -0.4 is 15.0 Å². The lowest BCUT2D eigenvalue weighted by Gasteiger charge is -2.46. The zero-order chi connectivity index (χ0) is 50.4. The summed E-state index contributed by atoms with van der Waals surface area (Å²) in [5.41, 5.74) is 1.90. The zero-order valence-corrected chi connectivity index (χ0v) is 39.3. The predicted molar refractivity (Wildman–Crippen MR) is 267 cm³/mol.